The lowest BCUT2D eigenvalue weighted by Crippen LogP contribution is -2.79. The van der Waals surface area contributed by atoms with E-state index in [4.69, 9.17) is 0 Å². The van der Waals surface area contributed by atoms with Gasteiger partial charge in [-0.2, -0.15) is 0 Å². The minimum Gasteiger partial charge on any atom is -0.305 e. The molecule has 786 valence electrons. The summed E-state index contributed by atoms with van der Waals surface area (Å²) in [7, 11) is 4.62. The SMILES string of the molecule is C=C(C)CN(C(C)(C)C(C)(C)C)C(C)(C)C(C)(C)N(CC(=C)C)C(C)(C)C(C)(C)N(CC(=C)C)C(C)(C)C(C)(C)C.CC(C)(C)C(C)(C)N1C2N(C(C)(C)C(C)(C)C)C(C)(C)C(C)(C)N2C(C)(C)C1(C)C.CC(C)(C)C(C)(C)N1C2N(C(C)(C)C(C)(C)C)C(C)(C)C(C)(C)N2C(C)(C)C1(C)C.CN(C(C)(C)C(C)(C)C)C(C)(C)C(C)(C)N(C)C(C)(C)C(C)(C)NC(C)(C)C(C)(C)C. The van der Waals surface area contributed by atoms with Crippen LogP contribution >= 0.6 is 0 Å². The molecule has 4 aliphatic rings. The van der Waals surface area contributed by atoms with Gasteiger partial charge in [0.25, 0.3) is 0 Å². The number of rotatable bonds is 26. The number of fused-ring (bicyclic) bond motifs is 2. The first-order chi connectivity index (χ1) is 56.1. The van der Waals surface area contributed by atoms with E-state index in [1.54, 1.807) is 0 Å². The van der Waals surface area contributed by atoms with Gasteiger partial charge in [-0.1, -0.05) is 203 Å². The topological polar surface area (TPSA) is 47.7 Å². The first-order valence-corrected chi connectivity index (χ1v) is 52.4. The zero-order chi connectivity index (χ0) is 108. The molecular weight excluding hydrogens is 1610 g/mol. The van der Waals surface area contributed by atoms with Crippen molar-refractivity contribution in [3.8, 4) is 0 Å². The Morgan fingerprint density at radius 3 is 0.515 bits per heavy atom. The highest BCUT2D eigenvalue weighted by molar-refractivity contribution is 5.32. The van der Waals surface area contributed by atoms with E-state index in [1.807, 2.05) is 0 Å². The number of nitrogens with one attached hydrogen (secondary N) is 1. The minimum atomic E-state index is -0.245. The molecule has 132 heavy (non-hydrogen) atoms. The van der Waals surface area contributed by atoms with Gasteiger partial charge in [-0.05, 0) is 411 Å². The van der Waals surface area contributed by atoms with Crippen molar-refractivity contribution in [3.05, 3.63) is 36.5 Å². The van der Waals surface area contributed by atoms with E-state index in [1.165, 1.54) is 16.7 Å². The fraction of sp³-hybridized carbons (Fsp3) is 0.950. The van der Waals surface area contributed by atoms with E-state index in [0.29, 0.717) is 0 Å². The summed E-state index contributed by atoms with van der Waals surface area (Å²) in [6.07, 6.45) is 0.479. The first-order valence-electron chi connectivity index (χ1n) is 52.4. The second-order valence-electron chi connectivity index (χ2n) is 64.3. The maximum Gasteiger partial charge on any atom is 0.122 e. The van der Waals surface area contributed by atoms with Gasteiger partial charge in [0, 0.05) is 153 Å². The molecule has 0 aromatic carbocycles. The number of hydrogen-bond acceptors (Lipinski definition) is 12. The van der Waals surface area contributed by atoms with Gasteiger partial charge >= 0.3 is 0 Å². The molecule has 4 fully saturated rings. The van der Waals surface area contributed by atoms with Crippen molar-refractivity contribution in [3.63, 3.8) is 0 Å². The predicted octanol–water partition coefficient (Wildman–Crippen LogP) is 31.5. The van der Waals surface area contributed by atoms with Gasteiger partial charge < -0.3 is 5.32 Å². The molecule has 0 radical (unpaired) electrons. The zero-order valence-electron chi connectivity index (χ0n) is 105. The van der Waals surface area contributed by atoms with Gasteiger partial charge in [0.1, 0.15) is 12.6 Å². The standard InChI is InChI=1S/C38H75N3.C28H61N3.2C27H55N3/c1-28(2)25-39(33(13,14)31(7,8)9)35(17,18)37(21,22)41(27-30(5)6)38(23,24)36(19,20)40(26-29(3)4)34(15,16)32(10,11)12;1-21(2,3)23(7,8)29-24(9,10)26(13,14)31(20)28(17,18)27(15,16)30(19)25(11,12)22(4,5)6;2*1-20(2,3)22(7,8)28-19-29(23(9,10)21(4,5)6)25(13,14)27(17,18)30(19)26(15,16)24(28,11)12/h1,3,5,25-27H2,2,4,6-24H3;29H,1-20H3;2*19H,1-18H3. The number of hydrogen-bond donors (Lipinski definition) is 1. The average molecular weight is 1860 g/mol. The minimum absolute atomic E-state index is 0.000706. The summed E-state index contributed by atoms with van der Waals surface area (Å²) in [5.74, 6) is 0. The molecule has 0 aromatic rings. The van der Waals surface area contributed by atoms with Gasteiger partial charge in [-0.25, -0.2) is 0 Å². The van der Waals surface area contributed by atoms with Gasteiger partial charge in [0.05, 0.1) is 0 Å². The molecule has 4 saturated heterocycles. The highest BCUT2D eigenvalue weighted by Crippen LogP contribution is 2.67. The van der Waals surface area contributed by atoms with E-state index in [-0.39, 0.29) is 189 Å². The number of likely N-dealkylation sites (N-methyl/N-ethyl adjacent to an activating group) is 2. The molecule has 12 nitrogen and oxygen atoms in total. The van der Waals surface area contributed by atoms with Gasteiger partial charge in [-0.3, -0.25) is 53.9 Å². The van der Waals surface area contributed by atoms with Crippen LogP contribution in [-0.4, -0.2) is 233 Å². The molecule has 4 aliphatic heterocycles. The fourth-order valence-corrected chi connectivity index (χ4v) is 22.6. The third-order valence-electron chi connectivity index (χ3n) is 44.7. The van der Waals surface area contributed by atoms with Crippen LogP contribution in [0, 0.1) is 43.3 Å². The van der Waals surface area contributed by atoms with Crippen molar-refractivity contribution in [2.45, 2.75) is 665 Å². The molecule has 1 N–H and O–H groups in total. The smallest absolute Gasteiger partial charge is 0.122 e. The van der Waals surface area contributed by atoms with Gasteiger partial charge in [0.15, 0.2) is 0 Å². The highest BCUT2D eigenvalue weighted by atomic mass is 15.7. The molecular formula is C120H246N12. The van der Waals surface area contributed by atoms with Crippen LogP contribution in [0.4, 0.5) is 0 Å². The lowest BCUT2D eigenvalue weighted by atomic mass is 9.66. The van der Waals surface area contributed by atoms with Crippen LogP contribution in [0.1, 0.15) is 519 Å². The van der Waals surface area contributed by atoms with E-state index < -0.39 is 0 Å². The van der Waals surface area contributed by atoms with Crippen LogP contribution in [0.2, 0.25) is 0 Å². The van der Waals surface area contributed by atoms with Crippen molar-refractivity contribution >= 4 is 0 Å². The van der Waals surface area contributed by atoms with Crippen molar-refractivity contribution in [1.82, 2.24) is 59.2 Å². The molecule has 12 heteroatoms. The summed E-state index contributed by atoms with van der Waals surface area (Å²) in [6.45, 7) is 197. The number of nitrogens with zero attached hydrogens (tertiary/aromatic N) is 11. The van der Waals surface area contributed by atoms with Crippen LogP contribution < -0.4 is 5.32 Å². The van der Waals surface area contributed by atoms with E-state index in [0.717, 1.165) is 19.6 Å². The molecule has 0 saturated carbocycles. The Kier molecular flexibility index (Phi) is 35.6. The van der Waals surface area contributed by atoms with Crippen molar-refractivity contribution in [2.24, 2.45) is 43.3 Å². The lowest BCUT2D eigenvalue weighted by molar-refractivity contribution is -0.166. The normalized spacial score (nSPS) is 21.4. The fourth-order valence-electron chi connectivity index (χ4n) is 22.6. The van der Waals surface area contributed by atoms with E-state index in [2.05, 4.69) is 612 Å². The summed E-state index contributed by atoms with van der Waals surface area (Å²) in [6, 6.07) is 0. The third kappa shape index (κ3) is 20.9. The van der Waals surface area contributed by atoms with Crippen molar-refractivity contribution in [2.75, 3.05) is 33.7 Å². The lowest BCUT2D eigenvalue weighted by Gasteiger charge is -2.68. The Morgan fingerprint density at radius 1 is 0.212 bits per heavy atom. The van der Waals surface area contributed by atoms with Crippen LogP contribution in [0.15, 0.2) is 36.5 Å². The van der Waals surface area contributed by atoms with E-state index >= 15 is 0 Å². The summed E-state index contributed by atoms with van der Waals surface area (Å²) >= 11 is 0. The Bertz CT molecular complexity index is 3610. The Labute approximate surface area is 832 Å². The Hall–Kier alpha value is -1.26. The largest absolute Gasteiger partial charge is 0.305 e. The Balaban J connectivity index is 0.000000887. The maximum absolute atomic E-state index is 4.45. The molecule has 4 heterocycles. The predicted molar refractivity (Wildman–Crippen MR) is 595 cm³/mol. The summed E-state index contributed by atoms with van der Waals surface area (Å²) < 4.78 is 0. The zero-order valence-corrected chi connectivity index (χ0v) is 105. The second-order valence-corrected chi connectivity index (χ2v) is 64.3. The summed E-state index contributed by atoms with van der Waals surface area (Å²) in [4.78, 5) is 30.7. The molecule has 0 spiro atoms. The van der Waals surface area contributed by atoms with Gasteiger partial charge in [0.2, 0.25) is 0 Å². The van der Waals surface area contributed by atoms with E-state index in [9.17, 15) is 0 Å². The molecule has 0 amide bonds. The van der Waals surface area contributed by atoms with Crippen LogP contribution in [0.5, 0.6) is 0 Å². The molecule has 4 rings (SSSR count). The molecule has 0 bridgehead atoms. The van der Waals surface area contributed by atoms with Crippen LogP contribution in [-0.2, 0) is 0 Å². The molecule has 0 unspecified atom stereocenters. The van der Waals surface area contributed by atoms with Crippen LogP contribution in [0.3, 0.4) is 0 Å². The first kappa shape index (κ1) is 129. The average Bonchev–Trinajstić information content (AvgIpc) is 1.48. The van der Waals surface area contributed by atoms with Crippen LogP contribution in [0.25, 0.3) is 0 Å². The maximum atomic E-state index is 4.45. The van der Waals surface area contributed by atoms with Gasteiger partial charge in [-0.15, -0.1) is 0 Å². The molecule has 0 atom stereocenters. The van der Waals surface area contributed by atoms with Crippen molar-refractivity contribution < 1.29 is 0 Å². The summed E-state index contributed by atoms with van der Waals surface area (Å²) in [5, 5.41) is 4.05. The highest BCUT2D eigenvalue weighted by Gasteiger charge is 2.79. The quantitative estimate of drug-likeness (QED) is 0.0840. The monoisotopic (exact) mass is 1860 g/mol. The third-order valence-corrected chi connectivity index (χ3v) is 44.7. The summed E-state index contributed by atoms with van der Waals surface area (Å²) in [5.41, 5.74) is 3.35. The van der Waals surface area contributed by atoms with Crippen molar-refractivity contribution in [1.29, 1.82) is 0 Å². The molecule has 0 aromatic heterocycles. The Morgan fingerprint density at radius 2 is 0.371 bits per heavy atom. The second kappa shape index (κ2) is 36.5. The molecule has 0 aliphatic carbocycles.